The molecule has 4 rings (SSSR count). The Balaban J connectivity index is 1.73. The van der Waals surface area contributed by atoms with Crippen LogP contribution in [0.4, 0.5) is 10.1 Å². The number of benzene rings is 2. The molecule has 1 unspecified atom stereocenters. The van der Waals surface area contributed by atoms with Gasteiger partial charge in [-0.25, -0.2) is 9.37 Å². The quantitative estimate of drug-likeness (QED) is 0.511. The van der Waals surface area contributed by atoms with Crippen molar-refractivity contribution in [3.05, 3.63) is 48.3 Å². The highest BCUT2D eigenvalue weighted by Crippen LogP contribution is 2.36. The highest BCUT2D eigenvalue weighted by atomic mass is 19.1. The lowest BCUT2D eigenvalue weighted by atomic mass is 10.1. The molecule has 1 aliphatic heterocycles. The maximum absolute atomic E-state index is 14.6. The molecule has 7 nitrogen and oxygen atoms in total. The Hall–Kier alpha value is -3.39. The number of hydrogen-bond donors (Lipinski definition) is 2. The molecule has 3 aromatic rings. The number of halogens is 1. The molecule has 1 saturated heterocycles. The molecule has 1 aromatic heterocycles. The van der Waals surface area contributed by atoms with Crippen molar-refractivity contribution in [2.45, 2.75) is 6.42 Å². The van der Waals surface area contributed by atoms with E-state index in [0.717, 1.165) is 35.7 Å². The van der Waals surface area contributed by atoms with E-state index in [1.54, 1.807) is 13.1 Å². The average Bonchev–Trinajstić information content (AvgIpc) is 3.33. The van der Waals surface area contributed by atoms with E-state index >= 15 is 0 Å². The lowest BCUT2D eigenvalue weighted by Crippen LogP contribution is -2.30. The van der Waals surface area contributed by atoms with Gasteiger partial charge in [0.2, 0.25) is 5.91 Å². The minimum absolute atomic E-state index is 0.0257. The number of aromatic nitrogens is 1. The van der Waals surface area contributed by atoms with E-state index in [2.05, 4.69) is 15.5 Å². The number of rotatable bonds is 8. The zero-order valence-electron chi connectivity index (χ0n) is 19.2. The van der Waals surface area contributed by atoms with Crippen molar-refractivity contribution in [3.8, 4) is 22.8 Å². The van der Waals surface area contributed by atoms with Gasteiger partial charge in [-0.15, -0.1) is 0 Å². The Labute approximate surface area is 192 Å². The van der Waals surface area contributed by atoms with Crippen LogP contribution in [0, 0.1) is 11.7 Å². The maximum atomic E-state index is 14.6. The molecule has 1 atom stereocenters. The van der Waals surface area contributed by atoms with Crippen LogP contribution in [-0.2, 0) is 4.79 Å². The Morgan fingerprint density at radius 2 is 2.00 bits per heavy atom. The Bertz CT molecular complexity index is 1140. The number of fused-ring (bicyclic) bond motifs is 1. The van der Waals surface area contributed by atoms with Gasteiger partial charge in [0, 0.05) is 49.4 Å². The highest BCUT2D eigenvalue weighted by molar-refractivity contribution is 5.95. The van der Waals surface area contributed by atoms with Crippen molar-refractivity contribution in [2.24, 2.45) is 5.92 Å². The first-order valence-electron chi connectivity index (χ1n) is 11.1. The zero-order chi connectivity index (χ0) is 23.4. The van der Waals surface area contributed by atoms with Crippen molar-refractivity contribution in [2.75, 3.05) is 52.3 Å². The number of anilines is 1. The standard InChI is InChI=1S/C25H29FN4O3/c1-27-9-11-33-18-6-4-16(5-7-18)21-13-23(30-10-8-17(15-30)25(31)28-2)19-12-20(26)24(32-3)14-22(19)29-21/h4-7,12-14,17,27H,8-11,15H2,1-3H3,(H,28,31). The van der Waals surface area contributed by atoms with Gasteiger partial charge in [0.25, 0.3) is 0 Å². The monoisotopic (exact) mass is 452 g/mol. The molecule has 2 heterocycles. The number of likely N-dealkylation sites (N-methyl/N-ethyl adjacent to an activating group) is 1. The summed E-state index contributed by atoms with van der Waals surface area (Å²) in [5, 5.41) is 6.48. The van der Waals surface area contributed by atoms with Crippen LogP contribution in [-0.4, -0.2) is 58.3 Å². The van der Waals surface area contributed by atoms with Crippen molar-refractivity contribution in [1.29, 1.82) is 0 Å². The summed E-state index contributed by atoms with van der Waals surface area (Å²) in [4.78, 5) is 19.1. The predicted molar refractivity (Wildman–Crippen MR) is 127 cm³/mol. The third-order valence-electron chi connectivity index (χ3n) is 5.98. The fraction of sp³-hybridized carbons (Fsp3) is 0.360. The van der Waals surface area contributed by atoms with E-state index in [-0.39, 0.29) is 17.6 Å². The van der Waals surface area contributed by atoms with Crippen LogP contribution in [0.1, 0.15) is 6.42 Å². The fourth-order valence-corrected chi connectivity index (χ4v) is 4.17. The molecule has 1 fully saturated rings. The molecule has 2 aromatic carbocycles. The molecule has 0 spiro atoms. The first-order chi connectivity index (χ1) is 16.0. The summed E-state index contributed by atoms with van der Waals surface area (Å²) >= 11 is 0. The Kier molecular flexibility index (Phi) is 6.93. The minimum Gasteiger partial charge on any atom is -0.494 e. The second-order valence-electron chi connectivity index (χ2n) is 8.05. The first kappa shape index (κ1) is 22.8. The average molecular weight is 453 g/mol. The summed E-state index contributed by atoms with van der Waals surface area (Å²) in [5.74, 6) is 0.422. The van der Waals surface area contributed by atoms with E-state index in [9.17, 15) is 9.18 Å². The third-order valence-corrected chi connectivity index (χ3v) is 5.98. The van der Waals surface area contributed by atoms with Gasteiger partial charge in [-0.3, -0.25) is 4.79 Å². The predicted octanol–water partition coefficient (Wildman–Crippen LogP) is 3.22. The lowest BCUT2D eigenvalue weighted by molar-refractivity contribution is -0.123. The van der Waals surface area contributed by atoms with Gasteiger partial charge >= 0.3 is 0 Å². The summed E-state index contributed by atoms with van der Waals surface area (Å²) in [5.41, 5.74) is 3.18. The van der Waals surface area contributed by atoms with Gasteiger partial charge in [-0.1, -0.05) is 0 Å². The molecular weight excluding hydrogens is 423 g/mol. The highest BCUT2D eigenvalue weighted by Gasteiger charge is 2.29. The molecule has 174 valence electrons. The van der Waals surface area contributed by atoms with Crippen LogP contribution in [0.2, 0.25) is 0 Å². The Morgan fingerprint density at radius 1 is 1.21 bits per heavy atom. The first-order valence-corrected chi connectivity index (χ1v) is 11.1. The van der Waals surface area contributed by atoms with E-state index in [4.69, 9.17) is 14.5 Å². The van der Waals surface area contributed by atoms with Crippen molar-refractivity contribution >= 4 is 22.5 Å². The number of nitrogens with one attached hydrogen (secondary N) is 2. The van der Waals surface area contributed by atoms with Gasteiger partial charge in [-0.2, -0.15) is 0 Å². The topological polar surface area (TPSA) is 75.7 Å². The van der Waals surface area contributed by atoms with Gasteiger partial charge in [0.15, 0.2) is 11.6 Å². The molecule has 1 amide bonds. The number of carbonyl (C=O) groups is 1. The van der Waals surface area contributed by atoms with Crippen LogP contribution in [0.15, 0.2) is 42.5 Å². The van der Waals surface area contributed by atoms with E-state index in [1.165, 1.54) is 13.2 Å². The largest absolute Gasteiger partial charge is 0.494 e. The van der Waals surface area contributed by atoms with Crippen LogP contribution in [0.3, 0.4) is 0 Å². The molecule has 0 saturated carbocycles. The number of hydrogen-bond acceptors (Lipinski definition) is 6. The second-order valence-corrected chi connectivity index (χ2v) is 8.05. The number of methoxy groups -OCH3 is 1. The van der Waals surface area contributed by atoms with E-state index in [0.29, 0.717) is 30.6 Å². The van der Waals surface area contributed by atoms with Crippen molar-refractivity contribution in [1.82, 2.24) is 15.6 Å². The van der Waals surface area contributed by atoms with Gasteiger partial charge in [0.1, 0.15) is 12.4 Å². The molecule has 0 bridgehead atoms. The van der Waals surface area contributed by atoms with Gasteiger partial charge in [0.05, 0.1) is 24.2 Å². The molecule has 2 N–H and O–H groups in total. The SMILES string of the molecule is CNCCOc1ccc(-c2cc(N3CCC(C(=O)NC)C3)c3cc(F)c(OC)cc3n2)cc1. The van der Waals surface area contributed by atoms with Gasteiger partial charge in [-0.05, 0) is 49.9 Å². The van der Waals surface area contributed by atoms with Crippen molar-refractivity contribution < 1.29 is 18.7 Å². The molecule has 0 radical (unpaired) electrons. The fourth-order valence-electron chi connectivity index (χ4n) is 4.17. The summed E-state index contributed by atoms with van der Waals surface area (Å²) in [6, 6.07) is 12.8. The second kappa shape index (κ2) is 10.0. The number of carbonyl (C=O) groups excluding carboxylic acids is 1. The molecule has 8 heteroatoms. The van der Waals surface area contributed by atoms with E-state index in [1.807, 2.05) is 37.4 Å². The van der Waals surface area contributed by atoms with Crippen LogP contribution >= 0.6 is 0 Å². The summed E-state index contributed by atoms with van der Waals surface area (Å²) in [6.45, 7) is 2.64. The third kappa shape index (κ3) is 4.85. The summed E-state index contributed by atoms with van der Waals surface area (Å²) in [7, 11) is 4.97. The Morgan fingerprint density at radius 3 is 2.70 bits per heavy atom. The van der Waals surface area contributed by atoms with Crippen molar-refractivity contribution in [3.63, 3.8) is 0 Å². The minimum atomic E-state index is -0.439. The van der Waals surface area contributed by atoms with Crippen LogP contribution in [0.5, 0.6) is 11.5 Å². The maximum Gasteiger partial charge on any atom is 0.224 e. The van der Waals surface area contributed by atoms with Crippen LogP contribution in [0.25, 0.3) is 22.2 Å². The van der Waals surface area contributed by atoms with E-state index < -0.39 is 5.82 Å². The molecule has 33 heavy (non-hydrogen) atoms. The molecule has 1 aliphatic rings. The van der Waals surface area contributed by atoms with Gasteiger partial charge < -0.3 is 25.0 Å². The number of pyridine rings is 1. The normalized spacial score (nSPS) is 15.6. The summed E-state index contributed by atoms with van der Waals surface area (Å²) < 4.78 is 25.5. The summed E-state index contributed by atoms with van der Waals surface area (Å²) in [6.07, 6.45) is 0.746. The smallest absolute Gasteiger partial charge is 0.224 e. The number of amides is 1. The van der Waals surface area contributed by atoms with Crippen LogP contribution < -0.4 is 25.0 Å². The number of nitrogens with zero attached hydrogens (tertiary/aromatic N) is 2. The zero-order valence-corrected chi connectivity index (χ0v) is 19.2. The molecule has 0 aliphatic carbocycles. The molecular formula is C25H29FN4O3. The number of ether oxygens (including phenoxy) is 2. The lowest BCUT2D eigenvalue weighted by Gasteiger charge is -2.22.